The van der Waals surface area contributed by atoms with Crippen molar-refractivity contribution in [2.45, 2.75) is 69.6 Å². The van der Waals surface area contributed by atoms with Gasteiger partial charge in [-0.05, 0) is 61.2 Å². The lowest BCUT2D eigenvalue weighted by Crippen LogP contribution is -2.36. The third-order valence-corrected chi connectivity index (χ3v) is 12.4. The Bertz CT molecular complexity index is 2500. The zero-order valence-electron chi connectivity index (χ0n) is 37.8. The largest absolute Gasteiger partial charge is 0.744 e. The zero-order chi connectivity index (χ0) is 46.6. The molecular formula is C49H59N3O12S. The van der Waals surface area contributed by atoms with Gasteiger partial charge in [-0.15, -0.1) is 5.06 Å². The summed E-state index contributed by atoms with van der Waals surface area (Å²) in [5, 5.41) is 1.50. The van der Waals surface area contributed by atoms with Crippen LogP contribution >= 0.6 is 0 Å². The second kappa shape index (κ2) is 22.6. The van der Waals surface area contributed by atoms with Crippen LogP contribution in [-0.2, 0) is 53.7 Å². The second-order valence-corrected chi connectivity index (χ2v) is 17.8. The number of fused-ring (bicyclic) bond motifs is 2. The van der Waals surface area contributed by atoms with Crippen LogP contribution < -0.4 is 14.8 Å². The highest BCUT2D eigenvalue weighted by Gasteiger charge is 2.40. The summed E-state index contributed by atoms with van der Waals surface area (Å²) in [5.41, 5.74) is 5.40. The highest BCUT2D eigenvalue weighted by atomic mass is 32.2. The molecule has 0 N–H and O–H groups in total. The van der Waals surface area contributed by atoms with Gasteiger partial charge in [0.15, 0.2) is 13.1 Å². The smallest absolute Gasteiger partial charge is 0.333 e. The van der Waals surface area contributed by atoms with Crippen LogP contribution in [0.1, 0.15) is 69.1 Å². The number of imide groups is 1. The Balaban J connectivity index is 1.33. The average molecular weight is 914 g/mol. The first-order valence-corrected chi connectivity index (χ1v) is 23.3. The Morgan fingerprint density at radius 1 is 0.862 bits per heavy atom. The number of anilines is 1. The third kappa shape index (κ3) is 12.2. The predicted molar refractivity (Wildman–Crippen MR) is 243 cm³/mol. The van der Waals surface area contributed by atoms with Crippen LogP contribution in [0.15, 0.2) is 93.9 Å². The van der Waals surface area contributed by atoms with Gasteiger partial charge in [-0.25, -0.2) is 17.8 Å². The van der Waals surface area contributed by atoms with Gasteiger partial charge in [0.1, 0.15) is 34.9 Å². The lowest BCUT2D eigenvalue weighted by atomic mass is 9.83. The average Bonchev–Trinajstić information content (AvgIpc) is 3.71. The fraction of sp³-hybridized carbons (Fsp3) is 0.429. The molecule has 0 bridgehead atoms. The molecule has 2 aromatic rings. The summed E-state index contributed by atoms with van der Waals surface area (Å²) in [6.45, 7) is 10.8. The van der Waals surface area contributed by atoms with E-state index in [1.807, 2.05) is 69.3 Å². The minimum absolute atomic E-state index is 0.0268. The number of hydrogen-bond acceptors (Lipinski definition) is 13. The molecule has 6 rings (SSSR count). The van der Waals surface area contributed by atoms with Gasteiger partial charge in [0, 0.05) is 79.6 Å². The molecule has 0 aromatic heterocycles. The summed E-state index contributed by atoms with van der Waals surface area (Å²) < 4.78 is 67.4. The van der Waals surface area contributed by atoms with E-state index in [-0.39, 0.29) is 24.2 Å². The van der Waals surface area contributed by atoms with E-state index >= 15 is 0 Å². The van der Waals surface area contributed by atoms with Gasteiger partial charge in [0.2, 0.25) is 5.36 Å². The molecule has 4 aliphatic rings. The number of allylic oxidation sites excluding steroid dienone is 3. The molecule has 3 aliphatic heterocycles. The van der Waals surface area contributed by atoms with Gasteiger partial charge in [-0.2, -0.15) is 0 Å². The molecule has 2 aromatic carbocycles. The van der Waals surface area contributed by atoms with Gasteiger partial charge in [0.25, 0.3) is 11.8 Å². The van der Waals surface area contributed by atoms with Crippen LogP contribution in [0.4, 0.5) is 5.69 Å². The summed E-state index contributed by atoms with van der Waals surface area (Å²) in [4.78, 5) is 43.1. The van der Waals surface area contributed by atoms with Crippen molar-refractivity contribution in [2.24, 2.45) is 0 Å². The second-order valence-electron chi connectivity index (χ2n) is 16.4. The summed E-state index contributed by atoms with van der Waals surface area (Å²) in [7, 11) is -1.42. The van der Waals surface area contributed by atoms with Gasteiger partial charge >= 0.3 is 5.97 Å². The van der Waals surface area contributed by atoms with Crippen molar-refractivity contribution in [3.05, 3.63) is 107 Å². The Hall–Kier alpha value is -5.49. The maximum Gasteiger partial charge on any atom is 0.333 e. The molecule has 1 saturated heterocycles. The molecule has 0 atom stereocenters. The zero-order valence-corrected chi connectivity index (χ0v) is 38.7. The first kappa shape index (κ1) is 49.0. The van der Waals surface area contributed by atoms with Crippen molar-refractivity contribution < 1.29 is 55.6 Å². The standard InChI is InChI=1S/C49H59N3O12S/c1-35-39(40-20-18-37(33-43(40)63-48(35)36-13-8-6-9-14-36)50(25-27-61-31-29-59-4)26-28-62-32-30-60-5)15-12-16-44-49(2,3)41-34-38(65(56,57)58)19-21-42(41)51(44)24-11-7-10-17-47(55)64-52-45(53)22-23-46(52)54/h6,8-9,12-16,18-21,33-34H,7,10-11,17,22-32H2,1-5H3. The van der Waals surface area contributed by atoms with Crippen LogP contribution in [0.2, 0.25) is 0 Å². The predicted octanol–water partition coefficient (Wildman–Crippen LogP) is 6.22. The molecule has 16 heteroatoms. The van der Waals surface area contributed by atoms with Gasteiger partial charge in [0.05, 0.1) is 37.4 Å². The van der Waals surface area contributed by atoms with Crippen LogP contribution in [0, 0.1) is 6.92 Å². The van der Waals surface area contributed by atoms with Crippen molar-refractivity contribution in [3.63, 3.8) is 0 Å². The molecule has 1 aliphatic carbocycles. The Morgan fingerprint density at radius 3 is 2.18 bits per heavy atom. The van der Waals surface area contributed by atoms with E-state index in [1.165, 1.54) is 12.1 Å². The van der Waals surface area contributed by atoms with Crippen LogP contribution in [0.5, 0.6) is 0 Å². The maximum absolute atomic E-state index is 12.5. The van der Waals surface area contributed by atoms with Crippen LogP contribution in [-0.4, -0.2) is 109 Å². The van der Waals surface area contributed by atoms with Crippen molar-refractivity contribution >= 4 is 39.7 Å². The van der Waals surface area contributed by atoms with Crippen molar-refractivity contribution in [3.8, 4) is 22.6 Å². The number of hydrogen-bond donors (Lipinski definition) is 0. The van der Waals surface area contributed by atoms with E-state index in [2.05, 4.69) is 27.7 Å². The first-order valence-electron chi connectivity index (χ1n) is 21.9. The number of carbonyl (C=O) groups excluding carboxylic acids is 3. The Kier molecular flexibility index (Phi) is 17.0. The highest BCUT2D eigenvalue weighted by molar-refractivity contribution is 7.85. The summed E-state index contributed by atoms with van der Waals surface area (Å²) in [6, 6.07) is 20.6. The SMILES string of the molecule is COCCOCC[N+](CCOCCOC)=c1ccc2c(/C=C/C=C3\N(CCCCCC(=O)ON4C(=O)CCC4=O)c4ccc(S(=O)(=O)[O-])cc4C3(C)C)c(C)c(-c3ccccc3)oc-2c1. The van der Waals surface area contributed by atoms with E-state index in [0.29, 0.717) is 94.9 Å². The summed E-state index contributed by atoms with van der Waals surface area (Å²) >= 11 is 0. The van der Waals surface area contributed by atoms with Crippen LogP contribution in [0.25, 0.3) is 28.7 Å². The van der Waals surface area contributed by atoms with E-state index in [4.69, 9.17) is 28.2 Å². The van der Waals surface area contributed by atoms with Crippen molar-refractivity contribution in [2.75, 3.05) is 78.4 Å². The fourth-order valence-corrected chi connectivity index (χ4v) is 8.62. The van der Waals surface area contributed by atoms with E-state index < -0.39 is 33.3 Å². The monoisotopic (exact) mass is 913 g/mol. The highest BCUT2D eigenvalue weighted by Crippen LogP contribution is 2.49. The molecule has 0 radical (unpaired) electrons. The molecule has 0 unspecified atom stereocenters. The van der Waals surface area contributed by atoms with Crippen molar-refractivity contribution in [1.82, 2.24) is 9.64 Å². The number of rotatable bonds is 23. The molecular weight excluding hydrogens is 855 g/mol. The molecule has 0 saturated carbocycles. The minimum atomic E-state index is -4.71. The molecule has 3 heterocycles. The lowest BCUT2D eigenvalue weighted by molar-refractivity contribution is -0.197. The quantitative estimate of drug-likeness (QED) is 0.0355. The van der Waals surface area contributed by atoms with Gasteiger partial charge in [-0.3, -0.25) is 9.59 Å². The third-order valence-electron chi connectivity index (χ3n) is 11.6. The number of nitrogens with zero attached hydrogens (tertiary/aromatic N) is 3. The first-order chi connectivity index (χ1) is 31.2. The number of benzene rings is 3. The summed E-state index contributed by atoms with van der Waals surface area (Å²) in [6.07, 6.45) is 7.89. The minimum Gasteiger partial charge on any atom is -0.744 e. The van der Waals surface area contributed by atoms with E-state index in [0.717, 1.165) is 44.8 Å². The fourth-order valence-electron chi connectivity index (χ4n) is 8.12. The molecule has 0 spiro atoms. The van der Waals surface area contributed by atoms with Gasteiger partial charge < -0.3 is 37.7 Å². The molecule has 2 amide bonds. The van der Waals surface area contributed by atoms with Crippen LogP contribution in [0.3, 0.4) is 0 Å². The number of carbonyl (C=O) groups is 3. The maximum atomic E-state index is 12.5. The van der Waals surface area contributed by atoms with E-state index in [9.17, 15) is 27.4 Å². The normalized spacial score (nSPS) is 15.5. The number of unbranched alkanes of at least 4 members (excludes halogenated alkanes) is 2. The Morgan fingerprint density at radius 2 is 1.54 bits per heavy atom. The molecule has 65 heavy (non-hydrogen) atoms. The number of hydroxylamine groups is 2. The topological polar surface area (TPSA) is 177 Å². The molecule has 15 nitrogen and oxygen atoms in total. The number of methoxy groups -OCH3 is 2. The molecule has 348 valence electrons. The number of ether oxygens (including phenoxy) is 4. The van der Waals surface area contributed by atoms with E-state index in [1.54, 1.807) is 20.3 Å². The summed E-state index contributed by atoms with van der Waals surface area (Å²) in [5.74, 6) is -0.278. The van der Waals surface area contributed by atoms with Gasteiger partial charge in [-0.1, -0.05) is 62.8 Å². The Labute approximate surface area is 380 Å². The lowest BCUT2D eigenvalue weighted by Gasteiger charge is -2.27. The van der Waals surface area contributed by atoms with Crippen molar-refractivity contribution in [1.29, 1.82) is 0 Å². The molecule has 1 fully saturated rings. The number of amides is 2.